The van der Waals surface area contributed by atoms with Crippen LogP contribution in [-0.4, -0.2) is 37.6 Å². The Balaban J connectivity index is 1.37. The first kappa shape index (κ1) is 22.8. The second-order valence-electron chi connectivity index (χ2n) is 9.45. The topological polar surface area (TPSA) is 67.4 Å². The van der Waals surface area contributed by atoms with E-state index in [1.165, 1.54) is 18.4 Å². The van der Waals surface area contributed by atoms with Crippen molar-refractivity contribution >= 4 is 11.9 Å². The first-order valence-corrected chi connectivity index (χ1v) is 11.8. The molecule has 1 aliphatic carbocycles. The predicted molar refractivity (Wildman–Crippen MR) is 120 cm³/mol. The summed E-state index contributed by atoms with van der Waals surface area (Å²) >= 11 is 0. The normalized spacial score (nSPS) is 22.6. The van der Waals surface area contributed by atoms with Crippen molar-refractivity contribution < 1.29 is 14.3 Å². The monoisotopic (exact) mass is 414 g/mol. The molecule has 0 spiro atoms. The number of carbonyl (C=O) groups excluding carboxylic acids is 2. The van der Waals surface area contributed by atoms with Gasteiger partial charge < -0.3 is 15.4 Å². The first-order valence-electron chi connectivity index (χ1n) is 11.8. The molecule has 1 amide bonds. The Bertz CT molecular complexity index is 672. The number of carbonyl (C=O) groups is 2. The van der Waals surface area contributed by atoms with Crippen LogP contribution in [0.25, 0.3) is 0 Å². The summed E-state index contributed by atoms with van der Waals surface area (Å²) in [4.78, 5) is 24.4. The van der Waals surface area contributed by atoms with E-state index in [-0.39, 0.29) is 17.9 Å². The molecular formula is C25H38N2O3. The highest BCUT2D eigenvalue weighted by molar-refractivity contribution is 5.94. The van der Waals surface area contributed by atoms with Crippen LogP contribution in [0, 0.1) is 11.8 Å². The van der Waals surface area contributed by atoms with Crippen LogP contribution in [0.3, 0.4) is 0 Å². The second-order valence-corrected chi connectivity index (χ2v) is 9.45. The minimum absolute atomic E-state index is 0.0348. The maximum Gasteiger partial charge on any atom is 0.305 e. The SMILES string of the molecule is CC(C)COC(=O)CCC1CCC(NC(=O)c2ccc(C3CCNCC3)cc2)CC1. The average molecular weight is 415 g/mol. The summed E-state index contributed by atoms with van der Waals surface area (Å²) in [6.45, 7) is 6.76. The summed E-state index contributed by atoms with van der Waals surface area (Å²) in [6.07, 6.45) is 7.87. The summed E-state index contributed by atoms with van der Waals surface area (Å²) in [5.74, 6) is 1.52. The quantitative estimate of drug-likeness (QED) is 0.618. The van der Waals surface area contributed by atoms with Crippen LogP contribution in [0.4, 0.5) is 0 Å². The molecule has 0 aromatic heterocycles. The van der Waals surface area contributed by atoms with E-state index >= 15 is 0 Å². The van der Waals surface area contributed by atoms with Crippen molar-refractivity contribution in [3.63, 3.8) is 0 Å². The molecule has 5 heteroatoms. The lowest BCUT2D eigenvalue weighted by Crippen LogP contribution is -2.37. The second kappa shape index (κ2) is 11.5. The number of piperidine rings is 1. The fourth-order valence-electron chi connectivity index (χ4n) is 4.58. The zero-order valence-corrected chi connectivity index (χ0v) is 18.6. The molecule has 0 bridgehead atoms. The van der Waals surface area contributed by atoms with Gasteiger partial charge in [-0.25, -0.2) is 0 Å². The third-order valence-electron chi connectivity index (χ3n) is 6.50. The summed E-state index contributed by atoms with van der Waals surface area (Å²) in [6, 6.07) is 8.44. The molecule has 0 radical (unpaired) electrons. The van der Waals surface area contributed by atoms with E-state index < -0.39 is 0 Å². The van der Waals surface area contributed by atoms with Crippen molar-refractivity contribution in [3.05, 3.63) is 35.4 Å². The average Bonchev–Trinajstić information content (AvgIpc) is 2.78. The van der Waals surface area contributed by atoms with Crippen molar-refractivity contribution in [2.24, 2.45) is 11.8 Å². The van der Waals surface area contributed by atoms with E-state index in [0.29, 0.717) is 30.8 Å². The standard InChI is InChI=1S/C25H38N2O3/c1-18(2)17-30-24(28)12-5-19-3-10-23(11-4-19)27-25(29)22-8-6-20(7-9-22)21-13-15-26-16-14-21/h6-9,18-19,21,23,26H,3-5,10-17H2,1-2H3,(H,27,29). The maximum absolute atomic E-state index is 12.6. The number of benzene rings is 1. The van der Waals surface area contributed by atoms with E-state index in [9.17, 15) is 9.59 Å². The van der Waals surface area contributed by atoms with Crippen molar-refractivity contribution in [1.29, 1.82) is 0 Å². The molecule has 2 fully saturated rings. The summed E-state index contributed by atoms with van der Waals surface area (Å²) in [7, 11) is 0. The van der Waals surface area contributed by atoms with Gasteiger partial charge in [0.2, 0.25) is 0 Å². The van der Waals surface area contributed by atoms with Crippen molar-refractivity contribution in [3.8, 4) is 0 Å². The molecule has 1 saturated carbocycles. The van der Waals surface area contributed by atoms with Gasteiger partial charge in [0.05, 0.1) is 6.61 Å². The maximum atomic E-state index is 12.6. The van der Waals surface area contributed by atoms with Crippen molar-refractivity contribution in [1.82, 2.24) is 10.6 Å². The van der Waals surface area contributed by atoms with Crippen LogP contribution < -0.4 is 10.6 Å². The Labute approximate surface area is 181 Å². The predicted octanol–water partition coefficient (Wildman–Crippen LogP) is 4.42. The summed E-state index contributed by atoms with van der Waals surface area (Å²) in [5, 5.41) is 6.61. The van der Waals surface area contributed by atoms with Crippen LogP contribution in [0.5, 0.6) is 0 Å². The van der Waals surface area contributed by atoms with E-state index in [1.54, 1.807) is 0 Å². The van der Waals surface area contributed by atoms with Gasteiger partial charge in [-0.3, -0.25) is 9.59 Å². The van der Waals surface area contributed by atoms with Gasteiger partial charge in [-0.15, -0.1) is 0 Å². The molecule has 1 aliphatic heterocycles. The number of amides is 1. The molecule has 1 aromatic carbocycles. The van der Waals surface area contributed by atoms with Crippen LogP contribution in [0.2, 0.25) is 0 Å². The van der Waals surface area contributed by atoms with Gasteiger partial charge >= 0.3 is 5.97 Å². The molecule has 166 valence electrons. The number of esters is 1. The number of hydrogen-bond acceptors (Lipinski definition) is 4. The number of hydrogen-bond donors (Lipinski definition) is 2. The van der Waals surface area contributed by atoms with Crippen molar-refractivity contribution in [2.75, 3.05) is 19.7 Å². The van der Waals surface area contributed by atoms with Gasteiger partial charge in [-0.1, -0.05) is 26.0 Å². The van der Waals surface area contributed by atoms with Crippen LogP contribution >= 0.6 is 0 Å². The Morgan fingerprint density at radius 2 is 1.70 bits per heavy atom. The van der Waals surface area contributed by atoms with E-state index in [2.05, 4.69) is 22.8 Å². The Morgan fingerprint density at radius 3 is 2.33 bits per heavy atom. The van der Waals surface area contributed by atoms with Gasteiger partial charge in [0.25, 0.3) is 5.91 Å². The summed E-state index contributed by atoms with van der Waals surface area (Å²) < 4.78 is 5.27. The van der Waals surface area contributed by atoms with E-state index in [0.717, 1.165) is 50.8 Å². The van der Waals surface area contributed by atoms with Crippen LogP contribution in [-0.2, 0) is 9.53 Å². The van der Waals surface area contributed by atoms with Gasteiger partial charge in [-0.05, 0) is 93.5 Å². The van der Waals surface area contributed by atoms with Gasteiger partial charge in [0.1, 0.15) is 0 Å². The molecular weight excluding hydrogens is 376 g/mol. The molecule has 0 atom stereocenters. The third kappa shape index (κ3) is 7.12. The molecule has 1 saturated heterocycles. The zero-order valence-electron chi connectivity index (χ0n) is 18.6. The van der Waals surface area contributed by atoms with Crippen LogP contribution in [0.1, 0.15) is 87.1 Å². The van der Waals surface area contributed by atoms with E-state index in [4.69, 9.17) is 4.74 Å². The van der Waals surface area contributed by atoms with Crippen molar-refractivity contribution in [2.45, 2.75) is 77.2 Å². The molecule has 3 rings (SSSR count). The molecule has 1 heterocycles. The van der Waals surface area contributed by atoms with Gasteiger partial charge in [-0.2, -0.15) is 0 Å². The molecule has 30 heavy (non-hydrogen) atoms. The van der Waals surface area contributed by atoms with E-state index in [1.807, 2.05) is 26.0 Å². The highest BCUT2D eigenvalue weighted by Crippen LogP contribution is 2.29. The molecule has 2 N–H and O–H groups in total. The Morgan fingerprint density at radius 1 is 1.03 bits per heavy atom. The number of nitrogens with one attached hydrogen (secondary N) is 2. The summed E-state index contributed by atoms with van der Waals surface area (Å²) in [5.41, 5.74) is 2.10. The largest absolute Gasteiger partial charge is 0.465 e. The lowest BCUT2D eigenvalue weighted by Gasteiger charge is -2.29. The Kier molecular flexibility index (Phi) is 8.74. The number of rotatable bonds is 8. The first-order chi connectivity index (χ1) is 14.5. The lowest BCUT2D eigenvalue weighted by atomic mass is 9.83. The zero-order chi connectivity index (χ0) is 21.3. The highest BCUT2D eigenvalue weighted by Gasteiger charge is 2.24. The molecule has 2 aliphatic rings. The molecule has 1 aromatic rings. The third-order valence-corrected chi connectivity index (χ3v) is 6.50. The minimum Gasteiger partial charge on any atom is -0.465 e. The fraction of sp³-hybridized carbons (Fsp3) is 0.680. The number of ether oxygens (including phenoxy) is 1. The minimum atomic E-state index is -0.0768. The molecule has 0 unspecified atom stereocenters. The fourth-order valence-corrected chi connectivity index (χ4v) is 4.58. The lowest BCUT2D eigenvalue weighted by molar-refractivity contribution is -0.145. The van der Waals surface area contributed by atoms with Gasteiger partial charge in [0.15, 0.2) is 0 Å². The molecule has 5 nitrogen and oxygen atoms in total. The Hall–Kier alpha value is -1.88. The smallest absolute Gasteiger partial charge is 0.305 e. The van der Waals surface area contributed by atoms with Gasteiger partial charge in [0, 0.05) is 18.0 Å². The van der Waals surface area contributed by atoms with Crippen LogP contribution in [0.15, 0.2) is 24.3 Å². The highest BCUT2D eigenvalue weighted by atomic mass is 16.5.